The van der Waals surface area contributed by atoms with Gasteiger partial charge in [-0.2, -0.15) is 5.10 Å². The summed E-state index contributed by atoms with van der Waals surface area (Å²) in [6.45, 7) is 1.08. The standard InChI is InChI=1S/C7H7Cl2N5.C2H4O2/c8-5-1-2-12-6(9)4(5)3-13-14-7(10)11;1-2(3)4/h1-3H,(H4,10,11,14);1H3,(H,3,4). The molecule has 7 nitrogen and oxygen atoms in total. The summed E-state index contributed by atoms with van der Waals surface area (Å²) in [4.78, 5) is 12.8. The second kappa shape index (κ2) is 8.26. The molecule has 1 aromatic heterocycles. The van der Waals surface area contributed by atoms with Gasteiger partial charge in [-0.3, -0.25) is 4.79 Å². The Morgan fingerprint density at radius 2 is 2.06 bits per heavy atom. The molecule has 0 aliphatic heterocycles. The molecule has 0 radical (unpaired) electrons. The third-order valence-electron chi connectivity index (χ3n) is 1.25. The average molecular weight is 292 g/mol. The summed E-state index contributed by atoms with van der Waals surface area (Å²) in [7, 11) is 0. The number of pyridine rings is 1. The van der Waals surface area contributed by atoms with Crippen LogP contribution in [0.25, 0.3) is 0 Å². The third kappa shape index (κ3) is 7.42. The Kier molecular flexibility index (Phi) is 7.41. The summed E-state index contributed by atoms with van der Waals surface area (Å²) in [5, 5.41) is 15.1. The fourth-order valence-corrected chi connectivity index (χ4v) is 1.14. The lowest BCUT2D eigenvalue weighted by Gasteiger charge is -1.97. The number of carboxylic acid groups (broad SMARTS) is 1. The van der Waals surface area contributed by atoms with Crippen LogP contribution in [0.4, 0.5) is 0 Å². The van der Waals surface area contributed by atoms with E-state index in [0.29, 0.717) is 10.6 Å². The summed E-state index contributed by atoms with van der Waals surface area (Å²) in [6, 6.07) is 1.59. The lowest BCUT2D eigenvalue weighted by atomic mass is 10.3. The van der Waals surface area contributed by atoms with Crippen molar-refractivity contribution in [3.05, 3.63) is 28.0 Å². The molecule has 0 bridgehead atoms. The van der Waals surface area contributed by atoms with Crippen LogP contribution in [-0.2, 0) is 4.79 Å². The van der Waals surface area contributed by atoms with Gasteiger partial charge in [-0.25, -0.2) is 4.98 Å². The Hall–Kier alpha value is -1.86. The Morgan fingerprint density at radius 1 is 1.50 bits per heavy atom. The summed E-state index contributed by atoms with van der Waals surface area (Å²) in [5.74, 6) is -0.975. The van der Waals surface area contributed by atoms with E-state index in [1.54, 1.807) is 6.07 Å². The van der Waals surface area contributed by atoms with Crippen molar-refractivity contribution in [3.63, 3.8) is 0 Å². The van der Waals surface area contributed by atoms with Gasteiger partial charge in [0.2, 0.25) is 5.96 Å². The molecular formula is C9H11Cl2N5O2. The van der Waals surface area contributed by atoms with Gasteiger partial charge in [0, 0.05) is 13.1 Å². The van der Waals surface area contributed by atoms with Crippen LogP contribution in [0.3, 0.4) is 0 Å². The number of hydrogen-bond acceptors (Lipinski definition) is 4. The minimum absolute atomic E-state index is 0.141. The molecule has 0 saturated carbocycles. The number of aromatic nitrogens is 1. The number of nitrogens with zero attached hydrogens (tertiary/aromatic N) is 3. The van der Waals surface area contributed by atoms with E-state index >= 15 is 0 Å². The van der Waals surface area contributed by atoms with E-state index < -0.39 is 5.97 Å². The normalized spacial score (nSPS) is 9.50. The van der Waals surface area contributed by atoms with Crippen LogP contribution >= 0.6 is 23.2 Å². The van der Waals surface area contributed by atoms with Crippen LogP contribution in [0.15, 0.2) is 22.5 Å². The highest BCUT2D eigenvalue weighted by atomic mass is 35.5. The number of nitrogens with two attached hydrogens (primary N) is 2. The van der Waals surface area contributed by atoms with Gasteiger partial charge in [-0.15, -0.1) is 5.10 Å². The van der Waals surface area contributed by atoms with E-state index in [2.05, 4.69) is 15.2 Å². The molecule has 0 spiro atoms. The molecule has 1 aromatic rings. The molecule has 0 atom stereocenters. The van der Waals surface area contributed by atoms with Gasteiger partial charge in [-0.1, -0.05) is 23.2 Å². The predicted octanol–water partition coefficient (Wildman–Crippen LogP) is 1.09. The summed E-state index contributed by atoms with van der Waals surface area (Å²) in [6.07, 6.45) is 2.82. The van der Waals surface area contributed by atoms with E-state index in [1.807, 2.05) is 0 Å². The minimum Gasteiger partial charge on any atom is -0.481 e. The van der Waals surface area contributed by atoms with Gasteiger partial charge in [0.25, 0.3) is 5.97 Å². The lowest BCUT2D eigenvalue weighted by molar-refractivity contribution is -0.134. The number of guanidine groups is 1. The van der Waals surface area contributed by atoms with Crippen LogP contribution in [0, 0.1) is 0 Å². The van der Waals surface area contributed by atoms with Crippen molar-refractivity contribution in [2.24, 2.45) is 21.7 Å². The molecule has 5 N–H and O–H groups in total. The topological polar surface area (TPSA) is 127 Å². The largest absolute Gasteiger partial charge is 0.481 e. The smallest absolute Gasteiger partial charge is 0.300 e. The first-order valence-electron chi connectivity index (χ1n) is 4.46. The first kappa shape index (κ1) is 16.1. The second-order valence-corrected chi connectivity index (χ2v) is 3.55. The Labute approximate surface area is 113 Å². The lowest BCUT2D eigenvalue weighted by Crippen LogP contribution is -2.21. The maximum atomic E-state index is 9.00. The Morgan fingerprint density at radius 3 is 2.50 bits per heavy atom. The quantitative estimate of drug-likeness (QED) is 0.325. The molecule has 0 fully saturated rings. The van der Waals surface area contributed by atoms with E-state index in [9.17, 15) is 0 Å². The number of carbonyl (C=O) groups is 1. The maximum Gasteiger partial charge on any atom is 0.300 e. The molecule has 1 heterocycles. The first-order valence-corrected chi connectivity index (χ1v) is 5.21. The summed E-state index contributed by atoms with van der Waals surface area (Å²) < 4.78 is 0. The second-order valence-electron chi connectivity index (χ2n) is 2.79. The molecule has 0 saturated heterocycles. The van der Waals surface area contributed by atoms with Crippen LogP contribution < -0.4 is 11.5 Å². The molecule has 0 aliphatic rings. The zero-order chi connectivity index (χ0) is 14.1. The first-order chi connectivity index (χ1) is 8.34. The van der Waals surface area contributed by atoms with Crippen molar-refractivity contribution in [2.75, 3.05) is 0 Å². The van der Waals surface area contributed by atoms with Gasteiger partial charge in [0.05, 0.1) is 16.8 Å². The van der Waals surface area contributed by atoms with Crippen LogP contribution in [0.1, 0.15) is 12.5 Å². The monoisotopic (exact) mass is 291 g/mol. The van der Waals surface area contributed by atoms with Gasteiger partial charge in [0.1, 0.15) is 5.15 Å². The molecule has 98 valence electrons. The highest BCUT2D eigenvalue weighted by Crippen LogP contribution is 2.19. The molecule has 0 amide bonds. The third-order valence-corrected chi connectivity index (χ3v) is 1.88. The fourth-order valence-electron chi connectivity index (χ4n) is 0.694. The van der Waals surface area contributed by atoms with Crippen molar-refractivity contribution in [3.8, 4) is 0 Å². The summed E-state index contributed by atoms with van der Waals surface area (Å²) >= 11 is 11.6. The molecule has 0 unspecified atom stereocenters. The minimum atomic E-state index is -0.833. The van der Waals surface area contributed by atoms with Gasteiger partial charge >= 0.3 is 0 Å². The van der Waals surface area contributed by atoms with Gasteiger partial charge in [-0.05, 0) is 6.07 Å². The fraction of sp³-hybridized carbons (Fsp3) is 0.111. The van der Waals surface area contributed by atoms with Gasteiger partial charge in [0.15, 0.2) is 0 Å². The molecule has 18 heavy (non-hydrogen) atoms. The number of halogens is 2. The van der Waals surface area contributed by atoms with Gasteiger partial charge < -0.3 is 16.6 Å². The molecular weight excluding hydrogens is 281 g/mol. The average Bonchev–Trinajstić information content (AvgIpc) is 2.21. The zero-order valence-corrected chi connectivity index (χ0v) is 10.9. The number of rotatable bonds is 2. The molecule has 0 aliphatic carbocycles. The van der Waals surface area contributed by atoms with Crippen molar-refractivity contribution in [2.45, 2.75) is 6.92 Å². The SMILES string of the molecule is CC(=O)O.NC(N)=NN=Cc1c(Cl)ccnc1Cl. The summed E-state index contributed by atoms with van der Waals surface area (Å²) in [5.41, 5.74) is 10.6. The number of hydrogen-bond donors (Lipinski definition) is 3. The van der Waals surface area contributed by atoms with Crippen molar-refractivity contribution in [1.82, 2.24) is 4.98 Å². The Bertz CT molecular complexity index is 448. The maximum absolute atomic E-state index is 9.00. The van der Waals surface area contributed by atoms with E-state index in [1.165, 1.54) is 12.4 Å². The highest BCUT2D eigenvalue weighted by molar-refractivity contribution is 6.37. The molecule has 0 aromatic carbocycles. The molecule has 1 rings (SSSR count). The van der Waals surface area contributed by atoms with Crippen LogP contribution in [-0.4, -0.2) is 28.2 Å². The van der Waals surface area contributed by atoms with E-state index in [4.69, 9.17) is 44.6 Å². The number of carboxylic acids is 1. The van der Waals surface area contributed by atoms with Crippen molar-refractivity contribution < 1.29 is 9.90 Å². The molecule has 9 heteroatoms. The van der Waals surface area contributed by atoms with Crippen molar-refractivity contribution in [1.29, 1.82) is 0 Å². The van der Waals surface area contributed by atoms with Crippen LogP contribution in [0.2, 0.25) is 10.2 Å². The van der Waals surface area contributed by atoms with E-state index in [0.717, 1.165) is 6.92 Å². The number of aliphatic carboxylic acids is 1. The van der Waals surface area contributed by atoms with E-state index in [-0.39, 0.29) is 11.1 Å². The Balaban J connectivity index is 0.000000631. The zero-order valence-electron chi connectivity index (χ0n) is 9.34. The van der Waals surface area contributed by atoms with Crippen molar-refractivity contribution >= 4 is 41.3 Å². The highest BCUT2D eigenvalue weighted by Gasteiger charge is 2.02. The van der Waals surface area contributed by atoms with Crippen LogP contribution in [0.5, 0.6) is 0 Å². The predicted molar refractivity (Wildman–Crippen MR) is 71.0 cm³/mol.